The summed E-state index contributed by atoms with van der Waals surface area (Å²) in [6, 6.07) is 7.77. The van der Waals surface area contributed by atoms with E-state index in [4.69, 9.17) is 5.73 Å². The van der Waals surface area contributed by atoms with Crippen LogP contribution in [-0.2, 0) is 16.0 Å². The minimum Gasteiger partial charge on any atom is -0.341 e. The zero-order chi connectivity index (χ0) is 17.6. The first-order valence-electron chi connectivity index (χ1n) is 9.13. The van der Waals surface area contributed by atoms with Gasteiger partial charge in [0.1, 0.15) is 0 Å². The number of nitrogens with one attached hydrogen (secondary N) is 1. The molecule has 1 aromatic rings. The Bertz CT molecular complexity index is 599. The number of carbonyl (C=O) groups is 2. The van der Waals surface area contributed by atoms with Crippen molar-refractivity contribution in [3.05, 3.63) is 29.8 Å². The number of hydrogen-bond acceptors (Lipinski definition) is 4. The zero-order valence-corrected chi connectivity index (χ0v) is 15.4. The lowest BCUT2D eigenvalue weighted by Crippen LogP contribution is -2.38. The lowest BCUT2D eigenvalue weighted by Gasteiger charge is -2.26. The van der Waals surface area contributed by atoms with Crippen LogP contribution in [0.5, 0.6) is 0 Å². The first-order valence-corrected chi connectivity index (χ1v) is 10.3. The summed E-state index contributed by atoms with van der Waals surface area (Å²) in [5, 5.41) is 2.98. The van der Waals surface area contributed by atoms with Crippen molar-refractivity contribution >= 4 is 29.3 Å². The van der Waals surface area contributed by atoms with Crippen molar-refractivity contribution in [1.29, 1.82) is 0 Å². The van der Waals surface area contributed by atoms with Gasteiger partial charge in [0, 0.05) is 42.2 Å². The maximum atomic E-state index is 12.4. The van der Waals surface area contributed by atoms with Gasteiger partial charge in [0.05, 0.1) is 6.42 Å². The van der Waals surface area contributed by atoms with Gasteiger partial charge in [-0.1, -0.05) is 18.6 Å². The van der Waals surface area contributed by atoms with E-state index < -0.39 is 0 Å². The Hall–Kier alpha value is -1.53. The smallest absolute Gasteiger partial charge is 0.227 e. The van der Waals surface area contributed by atoms with E-state index in [0.29, 0.717) is 6.42 Å². The molecule has 0 spiro atoms. The van der Waals surface area contributed by atoms with Gasteiger partial charge in [-0.05, 0) is 37.0 Å². The quantitative estimate of drug-likeness (QED) is 0.863. The van der Waals surface area contributed by atoms with Gasteiger partial charge in [0.15, 0.2) is 0 Å². The van der Waals surface area contributed by atoms with Gasteiger partial charge in [0.25, 0.3) is 0 Å². The predicted octanol–water partition coefficient (Wildman–Crippen LogP) is 2.26. The Morgan fingerprint density at radius 3 is 2.56 bits per heavy atom. The highest BCUT2D eigenvalue weighted by molar-refractivity contribution is 7.99. The second kappa shape index (κ2) is 8.72. The van der Waals surface area contributed by atoms with E-state index in [0.717, 1.165) is 61.5 Å². The summed E-state index contributed by atoms with van der Waals surface area (Å²) < 4.78 is 0. The SMILES string of the molecule is NC1CCCC(C(=O)Nc2ccc(CC(=O)N3CCSCC3)cc2)C1. The van der Waals surface area contributed by atoms with Gasteiger partial charge < -0.3 is 16.0 Å². The van der Waals surface area contributed by atoms with Crippen LogP contribution in [0, 0.1) is 5.92 Å². The summed E-state index contributed by atoms with van der Waals surface area (Å²) in [5.41, 5.74) is 7.74. The Kier molecular flexibility index (Phi) is 6.37. The van der Waals surface area contributed by atoms with E-state index in [1.54, 1.807) is 0 Å². The third-order valence-corrected chi connectivity index (χ3v) is 5.97. The van der Waals surface area contributed by atoms with E-state index in [9.17, 15) is 9.59 Å². The molecule has 1 heterocycles. The summed E-state index contributed by atoms with van der Waals surface area (Å²) in [5.74, 6) is 2.32. The molecule has 5 nitrogen and oxygen atoms in total. The number of thioether (sulfide) groups is 1. The minimum atomic E-state index is 0.0157. The van der Waals surface area contributed by atoms with Crippen LogP contribution in [0.15, 0.2) is 24.3 Å². The molecule has 25 heavy (non-hydrogen) atoms. The van der Waals surface area contributed by atoms with Crippen molar-refractivity contribution in [2.24, 2.45) is 11.7 Å². The van der Waals surface area contributed by atoms with Gasteiger partial charge in [-0.2, -0.15) is 11.8 Å². The lowest BCUT2D eigenvalue weighted by molar-refractivity contribution is -0.130. The van der Waals surface area contributed by atoms with Crippen LogP contribution in [0.25, 0.3) is 0 Å². The molecule has 1 aliphatic heterocycles. The van der Waals surface area contributed by atoms with Crippen molar-refractivity contribution in [3.8, 4) is 0 Å². The van der Waals surface area contributed by atoms with Crippen LogP contribution in [0.3, 0.4) is 0 Å². The predicted molar refractivity (Wildman–Crippen MR) is 103 cm³/mol. The number of anilines is 1. The van der Waals surface area contributed by atoms with Gasteiger partial charge >= 0.3 is 0 Å². The highest BCUT2D eigenvalue weighted by Crippen LogP contribution is 2.24. The molecular formula is C19H27N3O2S. The molecule has 3 N–H and O–H groups in total. The normalized spacial score (nSPS) is 24.0. The number of rotatable bonds is 4. The number of nitrogens with zero attached hydrogens (tertiary/aromatic N) is 1. The molecule has 1 aromatic carbocycles. The topological polar surface area (TPSA) is 75.4 Å². The van der Waals surface area contributed by atoms with Crippen LogP contribution < -0.4 is 11.1 Å². The van der Waals surface area contributed by atoms with Crippen LogP contribution >= 0.6 is 11.8 Å². The Labute approximate surface area is 153 Å². The zero-order valence-electron chi connectivity index (χ0n) is 14.6. The van der Waals surface area contributed by atoms with Crippen molar-refractivity contribution in [3.63, 3.8) is 0 Å². The maximum absolute atomic E-state index is 12.4. The van der Waals surface area contributed by atoms with Crippen LogP contribution in [0.4, 0.5) is 5.69 Å². The molecule has 2 unspecified atom stereocenters. The molecule has 2 amide bonds. The molecule has 1 saturated heterocycles. The molecule has 0 aromatic heterocycles. The van der Waals surface area contributed by atoms with Crippen molar-refractivity contribution < 1.29 is 9.59 Å². The fraction of sp³-hybridized carbons (Fsp3) is 0.579. The Morgan fingerprint density at radius 2 is 1.88 bits per heavy atom. The second-order valence-corrected chi connectivity index (χ2v) is 8.20. The number of carbonyl (C=O) groups excluding carboxylic acids is 2. The summed E-state index contributed by atoms with van der Waals surface area (Å²) in [6.07, 6.45) is 4.15. The first kappa shape index (κ1) is 18.3. The van der Waals surface area contributed by atoms with E-state index in [1.165, 1.54) is 0 Å². The fourth-order valence-corrected chi connectivity index (χ4v) is 4.42. The lowest BCUT2D eigenvalue weighted by atomic mass is 9.85. The van der Waals surface area contributed by atoms with Crippen molar-refractivity contribution in [1.82, 2.24) is 4.90 Å². The number of amides is 2. The van der Waals surface area contributed by atoms with Gasteiger partial charge in [-0.25, -0.2) is 0 Å². The van der Waals surface area contributed by atoms with Gasteiger partial charge in [-0.3, -0.25) is 9.59 Å². The van der Waals surface area contributed by atoms with Crippen LogP contribution in [0.2, 0.25) is 0 Å². The monoisotopic (exact) mass is 361 g/mol. The fourth-order valence-electron chi connectivity index (χ4n) is 3.52. The number of hydrogen-bond donors (Lipinski definition) is 2. The molecule has 1 aliphatic carbocycles. The maximum Gasteiger partial charge on any atom is 0.227 e. The third kappa shape index (κ3) is 5.22. The van der Waals surface area contributed by atoms with E-state index in [1.807, 2.05) is 40.9 Å². The van der Waals surface area contributed by atoms with Crippen molar-refractivity contribution in [2.45, 2.75) is 38.1 Å². The molecule has 0 radical (unpaired) electrons. The molecule has 2 fully saturated rings. The minimum absolute atomic E-state index is 0.0157. The van der Waals surface area contributed by atoms with E-state index in [-0.39, 0.29) is 23.8 Å². The average Bonchev–Trinajstić information content (AvgIpc) is 2.64. The molecule has 6 heteroatoms. The number of nitrogens with two attached hydrogens (primary N) is 1. The largest absolute Gasteiger partial charge is 0.341 e. The number of benzene rings is 1. The second-order valence-electron chi connectivity index (χ2n) is 6.98. The van der Waals surface area contributed by atoms with Gasteiger partial charge in [-0.15, -0.1) is 0 Å². The molecule has 1 saturated carbocycles. The molecule has 136 valence electrons. The highest BCUT2D eigenvalue weighted by atomic mass is 32.2. The van der Waals surface area contributed by atoms with Gasteiger partial charge in [0.2, 0.25) is 11.8 Å². The first-order chi connectivity index (χ1) is 12.1. The molecular weight excluding hydrogens is 334 g/mol. The summed E-state index contributed by atoms with van der Waals surface area (Å²) >= 11 is 1.90. The van der Waals surface area contributed by atoms with Crippen molar-refractivity contribution in [2.75, 3.05) is 29.9 Å². The summed E-state index contributed by atoms with van der Waals surface area (Å²) in [4.78, 5) is 26.6. The van der Waals surface area contributed by atoms with E-state index >= 15 is 0 Å². The van der Waals surface area contributed by atoms with E-state index in [2.05, 4.69) is 5.32 Å². The standard InChI is InChI=1S/C19H27N3O2S/c20-16-3-1-2-15(13-16)19(24)21-17-6-4-14(5-7-17)12-18(23)22-8-10-25-11-9-22/h4-7,15-16H,1-3,8-13,20H2,(H,21,24). The molecule has 2 aliphatic rings. The Morgan fingerprint density at radius 1 is 1.16 bits per heavy atom. The average molecular weight is 362 g/mol. The van der Waals surface area contributed by atoms with Crippen LogP contribution in [-0.4, -0.2) is 47.4 Å². The summed E-state index contributed by atoms with van der Waals surface area (Å²) in [6.45, 7) is 1.70. The third-order valence-electron chi connectivity index (χ3n) is 5.03. The summed E-state index contributed by atoms with van der Waals surface area (Å²) in [7, 11) is 0. The van der Waals surface area contributed by atoms with Crippen LogP contribution in [0.1, 0.15) is 31.2 Å². The Balaban J connectivity index is 1.51. The molecule has 2 atom stereocenters. The molecule has 0 bridgehead atoms. The molecule has 3 rings (SSSR count). The highest BCUT2D eigenvalue weighted by Gasteiger charge is 2.25.